The predicted octanol–water partition coefficient (Wildman–Crippen LogP) is 5.06. The second kappa shape index (κ2) is 6.96. The number of fused-ring (bicyclic) bond motifs is 1. The van der Waals surface area contributed by atoms with Crippen molar-refractivity contribution in [2.75, 3.05) is 12.4 Å². The molecule has 5 nitrogen and oxygen atoms in total. The Bertz CT molecular complexity index is 1130. The summed E-state index contributed by atoms with van der Waals surface area (Å²) >= 11 is 0. The second-order valence-corrected chi connectivity index (χ2v) is 6.26. The van der Waals surface area contributed by atoms with Gasteiger partial charge >= 0.3 is 0 Å². The lowest BCUT2D eigenvalue weighted by atomic mass is 10.1. The maximum absolute atomic E-state index is 12.4. The molecule has 0 atom stereocenters. The van der Waals surface area contributed by atoms with Gasteiger partial charge in [-0.25, -0.2) is 4.98 Å². The van der Waals surface area contributed by atoms with Crippen LogP contribution in [0.4, 0.5) is 5.69 Å². The molecular formula is C22H18N2O3. The van der Waals surface area contributed by atoms with Gasteiger partial charge in [0.2, 0.25) is 5.89 Å². The van der Waals surface area contributed by atoms with Gasteiger partial charge in [-0.15, -0.1) is 0 Å². The van der Waals surface area contributed by atoms with Crippen molar-refractivity contribution < 1.29 is 13.9 Å². The van der Waals surface area contributed by atoms with Gasteiger partial charge in [0.25, 0.3) is 5.91 Å². The zero-order chi connectivity index (χ0) is 18.8. The summed E-state index contributed by atoms with van der Waals surface area (Å²) in [7, 11) is 1.62. The lowest BCUT2D eigenvalue weighted by molar-refractivity contribution is 0.102. The van der Waals surface area contributed by atoms with Gasteiger partial charge in [0.1, 0.15) is 11.3 Å². The highest BCUT2D eigenvalue weighted by Crippen LogP contribution is 2.28. The van der Waals surface area contributed by atoms with E-state index >= 15 is 0 Å². The molecule has 0 saturated carbocycles. The molecule has 3 aromatic carbocycles. The Morgan fingerprint density at radius 1 is 1.04 bits per heavy atom. The second-order valence-electron chi connectivity index (χ2n) is 6.26. The third kappa shape index (κ3) is 3.53. The molecule has 0 aliphatic rings. The molecule has 27 heavy (non-hydrogen) atoms. The molecule has 0 saturated heterocycles. The van der Waals surface area contributed by atoms with E-state index in [4.69, 9.17) is 9.15 Å². The molecule has 1 N–H and O–H groups in total. The fraction of sp³-hybridized carbons (Fsp3) is 0.0909. The Balaban J connectivity index is 1.61. The monoisotopic (exact) mass is 358 g/mol. The summed E-state index contributed by atoms with van der Waals surface area (Å²) in [5.41, 5.74) is 4.47. The van der Waals surface area contributed by atoms with Crippen molar-refractivity contribution >= 4 is 22.7 Å². The van der Waals surface area contributed by atoms with E-state index in [-0.39, 0.29) is 5.91 Å². The number of amides is 1. The van der Waals surface area contributed by atoms with Gasteiger partial charge in [0.15, 0.2) is 5.58 Å². The van der Waals surface area contributed by atoms with E-state index in [1.165, 1.54) is 0 Å². The van der Waals surface area contributed by atoms with Crippen LogP contribution < -0.4 is 10.1 Å². The van der Waals surface area contributed by atoms with Gasteiger partial charge in [-0.2, -0.15) is 0 Å². The quantitative estimate of drug-likeness (QED) is 0.553. The summed E-state index contributed by atoms with van der Waals surface area (Å²) in [6.07, 6.45) is 0. The van der Waals surface area contributed by atoms with E-state index < -0.39 is 0 Å². The van der Waals surface area contributed by atoms with E-state index in [0.717, 1.165) is 22.4 Å². The Kier molecular flexibility index (Phi) is 4.34. The largest absolute Gasteiger partial charge is 0.497 e. The van der Waals surface area contributed by atoms with Gasteiger partial charge < -0.3 is 14.5 Å². The first-order valence-corrected chi connectivity index (χ1v) is 8.55. The summed E-state index contributed by atoms with van der Waals surface area (Å²) in [5, 5.41) is 2.90. The van der Waals surface area contributed by atoms with Crippen LogP contribution in [0.5, 0.6) is 5.75 Å². The maximum atomic E-state index is 12.4. The van der Waals surface area contributed by atoms with Gasteiger partial charge in [0.05, 0.1) is 7.11 Å². The molecule has 1 aromatic heterocycles. The van der Waals surface area contributed by atoms with Crippen LogP contribution in [-0.2, 0) is 0 Å². The number of aryl methyl sites for hydroxylation is 1. The predicted molar refractivity (Wildman–Crippen MR) is 105 cm³/mol. The third-order valence-electron chi connectivity index (χ3n) is 4.24. The summed E-state index contributed by atoms with van der Waals surface area (Å²) in [5.74, 6) is 1.08. The van der Waals surface area contributed by atoms with Crippen LogP contribution in [0.3, 0.4) is 0 Å². The van der Waals surface area contributed by atoms with Crippen molar-refractivity contribution in [3.63, 3.8) is 0 Å². The van der Waals surface area contributed by atoms with Crippen molar-refractivity contribution in [3.05, 3.63) is 77.9 Å². The van der Waals surface area contributed by atoms with Crippen molar-refractivity contribution in [3.8, 4) is 17.2 Å². The van der Waals surface area contributed by atoms with Crippen molar-refractivity contribution in [2.45, 2.75) is 6.92 Å². The molecule has 0 unspecified atom stereocenters. The minimum absolute atomic E-state index is 0.161. The average Bonchev–Trinajstić information content (AvgIpc) is 3.11. The minimum atomic E-state index is -0.161. The number of carbonyl (C=O) groups is 1. The summed E-state index contributed by atoms with van der Waals surface area (Å²) < 4.78 is 11.1. The number of nitrogens with zero attached hydrogens (tertiary/aromatic N) is 1. The summed E-state index contributed by atoms with van der Waals surface area (Å²) in [4.78, 5) is 16.9. The molecule has 4 aromatic rings. The highest BCUT2D eigenvalue weighted by atomic mass is 16.5. The van der Waals surface area contributed by atoms with E-state index in [1.54, 1.807) is 19.2 Å². The van der Waals surface area contributed by atoms with Crippen LogP contribution in [0.1, 0.15) is 15.9 Å². The van der Waals surface area contributed by atoms with E-state index in [2.05, 4.69) is 10.3 Å². The standard InChI is InChI=1S/C22H18N2O3/c1-14-5-3-6-15(11-14)21(25)23-17-9-10-19-20(13-17)27-22(24-19)16-7-4-8-18(12-16)26-2/h3-13H,1-2H3,(H,23,25). The molecule has 4 rings (SSSR count). The SMILES string of the molecule is COc1cccc(-c2nc3ccc(NC(=O)c4cccc(C)c4)cc3o2)c1. The molecule has 134 valence electrons. The Morgan fingerprint density at radius 3 is 2.70 bits per heavy atom. The maximum Gasteiger partial charge on any atom is 0.255 e. The van der Waals surface area contributed by atoms with Crippen LogP contribution in [0.2, 0.25) is 0 Å². The number of ether oxygens (including phenoxy) is 1. The first-order valence-electron chi connectivity index (χ1n) is 8.55. The fourth-order valence-electron chi connectivity index (χ4n) is 2.87. The van der Waals surface area contributed by atoms with Crippen LogP contribution >= 0.6 is 0 Å². The van der Waals surface area contributed by atoms with Crippen LogP contribution in [-0.4, -0.2) is 18.0 Å². The van der Waals surface area contributed by atoms with Crippen LogP contribution in [0.25, 0.3) is 22.6 Å². The van der Waals surface area contributed by atoms with E-state index in [0.29, 0.717) is 22.7 Å². The zero-order valence-electron chi connectivity index (χ0n) is 15.0. The van der Waals surface area contributed by atoms with Crippen LogP contribution in [0.15, 0.2) is 71.1 Å². The molecule has 0 aliphatic carbocycles. The minimum Gasteiger partial charge on any atom is -0.497 e. The molecule has 0 spiro atoms. The van der Waals surface area contributed by atoms with Crippen LogP contribution in [0, 0.1) is 6.92 Å². The molecule has 0 aliphatic heterocycles. The number of nitrogens with one attached hydrogen (secondary N) is 1. The number of anilines is 1. The molecule has 0 radical (unpaired) electrons. The van der Waals surface area contributed by atoms with Gasteiger partial charge in [-0.05, 0) is 49.4 Å². The lowest BCUT2D eigenvalue weighted by Gasteiger charge is -2.05. The number of aromatic nitrogens is 1. The highest BCUT2D eigenvalue weighted by molar-refractivity contribution is 6.05. The summed E-state index contributed by atoms with van der Waals surface area (Å²) in [6.45, 7) is 1.96. The van der Waals surface area contributed by atoms with Gasteiger partial charge in [-0.1, -0.05) is 23.8 Å². The van der Waals surface area contributed by atoms with Crippen molar-refractivity contribution in [2.24, 2.45) is 0 Å². The van der Waals surface area contributed by atoms with Gasteiger partial charge in [-0.3, -0.25) is 4.79 Å². The number of carbonyl (C=O) groups excluding carboxylic acids is 1. The first kappa shape index (κ1) is 16.8. The fourth-order valence-corrected chi connectivity index (χ4v) is 2.87. The van der Waals surface area contributed by atoms with E-state index in [9.17, 15) is 4.79 Å². The highest BCUT2D eigenvalue weighted by Gasteiger charge is 2.11. The number of hydrogen-bond acceptors (Lipinski definition) is 4. The Labute approximate surface area is 156 Å². The lowest BCUT2D eigenvalue weighted by Crippen LogP contribution is -2.11. The number of rotatable bonds is 4. The molecule has 0 bridgehead atoms. The number of benzene rings is 3. The third-order valence-corrected chi connectivity index (χ3v) is 4.24. The number of hydrogen-bond donors (Lipinski definition) is 1. The Morgan fingerprint density at radius 2 is 1.89 bits per heavy atom. The number of oxazole rings is 1. The summed E-state index contributed by atoms with van der Waals surface area (Å²) in [6, 6.07) is 20.4. The molecule has 0 fully saturated rings. The van der Waals surface area contributed by atoms with Crippen molar-refractivity contribution in [1.82, 2.24) is 4.98 Å². The molecular weight excluding hydrogens is 340 g/mol. The Hall–Kier alpha value is -3.60. The molecule has 1 amide bonds. The topological polar surface area (TPSA) is 64.4 Å². The average molecular weight is 358 g/mol. The number of methoxy groups -OCH3 is 1. The molecule has 1 heterocycles. The molecule has 5 heteroatoms. The van der Waals surface area contributed by atoms with Gasteiger partial charge in [0, 0.05) is 22.9 Å². The zero-order valence-corrected chi connectivity index (χ0v) is 15.0. The normalized spacial score (nSPS) is 10.7. The van der Waals surface area contributed by atoms with E-state index in [1.807, 2.05) is 61.5 Å². The smallest absolute Gasteiger partial charge is 0.255 e. The van der Waals surface area contributed by atoms with Crippen molar-refractivity contribution in [1.29, 1.82) is 0 Å². The first-order chi connectivity index (χ1) is 13.1.